The maximum atomic E-state index is 11.9. The lowest BCUT2D eigenvalue weighted by atomic mass is 10.1. The molecule has 2 aromatic carbocycles. The van der Waals surface area contributed by atoms with Crippen molar-refractivity contribution in [2.75, 3.05) is 0 Å². The number of amides is 2. The number of rotatable bonds is 3. The molecule has 2 rings (SSSR count). The first kappa shape index (κ1) is 15.1. The molecule has 0 fully saturated rings. The SMILES string of the molecule is Cc1ccc(CC(=O)NNC(=O)c2ccccc2Cl)cc1. The lowest BCUT2D eigenvalue weighted by molar-refractivity contribution is -0.121. The number of hydrogen-bond donors (Lipinski definition) is 2. The maximum Gasteiger partial charge on any atom is 0.271 e. The van der Waals surface area contributed by atoms with E-state index in [-0.39, 0.29) is 12.3 Å². The Labute approximate surface area is 128 Å². The van der Waals surface area contributed by atoms with Crippen LogP contribution in [0.25, 0.3) is 0 Å². The van der Waals surface area contributed by atoms with Gasteiger partial charge in [-0.1, -0.05) is 53.6 Å². The van der Waals surface area contributed by atoms with E-state index in [0.29, 0.717) is 10.6 Å². The van der Waals surface area contributed by atoms with Gasteiger partial charge in [-0.05, 0) is 24.6 Å². The molecule has 0 aliphatic rings. The fraction of sp³-hybridized carbons (Fsp3) is 0.125. The van der Waals surface area contributed by atoms with E-state index in [1.165, 1.54) is 0 Å². The number of carbonyl (C=O) groups excluding carboxylic acids is 2. The topological polar surface area (TPSA) is 58.2 Å². The second-order valence-electron chi connectivity index (χ2n) is 4.64. The third-order valence-corrected chi connectivity index (χ3v) is 3.25. The average Bonchev–Trinajstić information content (AvgIpc) is 2.48. The van der Waals surface area contributed by atoms with E-state index in [1.807, 2.05) is 31.2 Å². The van der Waals surface area contributed by atoms with E-state index in [9.17, 15) is 9.59 Å². The van der Waals surface area contributed by atoms with Crippen LogP contribution in [0.1, 0.15) is 21.5 Å². The molecule has 0 heterocycles. The molecule has 108 valence electrons. The van der Waals surface area contributed by atoms with E-state index >= 15 is 0 Å². The molecule has 5 heteroatoms. The summed E-state index contributed by atoms with van der Waals surface area (Å²) in [5.41, 5.74) is 7.05. The van der Waals surface area contributed by atoms with E-state index < -0.39 is 5.91 Å². The fourth-order valence-corrected chi connectivity index (χ4v) is 2.00. The van der Waals surface area contributed by atoms with E-state index in [1.54, 1.807) is 24.3 Å². The van der Waals surface area contributed by atoms with Crippen molar-refractivity contribution in [2.24, 2.45) is 0 Å². The monoisotopic (exact) mass is 302 g/mol. The molecule has 2 aromatic rings. The van der Waals surface area contributed by atoms with Crippen LogP contribution in [0.4, 0.5) is 0 Å². The fourth-order valence-electron chi connectivity index (χ4n) is 1.77. The Morgan fingerprint density at radius 1 is 1.00 bits per heavy atom. The zero-order chi connectivity index (χ0) is 15.2. The maximum absolute atomic E-state index is 11.9. The summed E-state index contributed by atoms with van der Waals surface area (Å²) in [6.45, 7) is 1.98. The first-order valence-electron chi connectivity index (χ1n) is 6.45. The van der Waals surface area contributed by atoms with Crippen LogP contribution in [0.5, 0.6) is 0 Å². The van der Waals surface area contributed by atoms with Crippen LogP contribution in [0.2, 0.25) is 5.02 Å². The van der Waals surface area contributed by atoms with Crippen molar-refractivity contribution < 1.29 is 9.59 Å². The zero-order valence-corrected chi connectivity index (χ0v) is 12.3. The molecule has 21 heavy (non-hydrogen) atoms. The van der Waals surface area contributed by atoms with E-state index in [0.717, 1.165) is 11.1 Å². The van der Waals surface area contributed by atoms with Crippen LogP contribution in [-0.4, -0.2) is 11.8 Å². The largest absolute Gasteiger partial charge is 0.273 e. The van der Waals surface area contributed by atoms with Crippen molar-refractivity contribution in [2.45, 2.75) is 13.3 Å². The van der Waals surface area contributed by atoms with Crippen LogP contribution in [-0.2, 0) is 11.2 Å². The van der Waals surface area contributed by atoms with Crippen LogP contribution in [0.3, 0.4) is 0 Å². The van der Waals surface area contributed by atoms with Gasteiger partial charge in [0.2, 0.25) is 5.91 Å². The van der Waals surface area contributed by atoms with Gasteiger partial charge in [-0.2, -0.15) is 0 Å². The van der Waals surface area contributed by atoms with Gasteiger partial charge in [0.1, 0.15) is 0 Å². The molecular weight excluding hydrogens is 288 g/mol. The molecule has 0 aliphatic heterocycles. The van der Waals surface area contributed by atoms with Crippen molar-refractivity contribution in [3.8, 4) is 0 Å². The van der Waals surface area contributed by atoms with Crippen molar-refractivity contribution in [1.82, 2.24) is 10.9 Å². The van der Waals surface area contributed by atoms with Gasteiger partial charge in [-0.25, -0.2) is 0 Å². The van der Waals surface area contributed by atoms with Gasteiger partial charge in [0.15, 0.2) is 0 Å². The van der Waals surface area contributed by atoms with Gasteiger partial charge in [-0.3, -0.25) is 20.4 Å². The smallest absolute Gasteiger partial charge is 0.271 e. The van der Waals surface area contributed by atoms with Crippen molar-refractivity contribution >= 4 is 23.4 Å². The molecule has 0 radical (unpaired) electrons. The lowest BCUT2D eigenvalue weighted by Crippen LogP contribution is -2.42. The van der Waals surface area contributed by atoms with Crippen molar-refractivity contribution in [3.63, 3.8) is 0 Å². The number of aryl methyl sites for hydroxylation is 1. The quantitative estimate of drug-likeness (QED) is 0.856. The normalized spacial score (nSPS) is 10.0. The van der Waals surface area contributed by atoms with Crippen LogP contribution in [0.15, 0.2) is 48.5 Å². The minimum Gasteiger partial charge on any atom is -0.273 e. The van der Waals surface area contributed by atoms with Gasteiger partial charge in [0.25, 0.3) is 5.91 Å². The highest BCUT2D eigenvalue weighted by Crippen LogP contribution is 2.14. The summed E-state index contributed by atoms with van der Waals surface area (Å²) < 4.78 is 0. The Balaban J connectivity index is 1.88. The Kier molecular flexibility index (Phi) is 4.95. The Hall–Kier alpha value is -2.33. The summed E-state index contributed by atoms with van der Waals surface area (Å²) >= 11 is 5.91. The Bertz CT molecular complexity index is 654. The van der Waals surface area contributed by atoms with Gasteiger partial charge >= 0.3 is 0 Å². The molecule has 2 amide bonds. The molecule has 0 saturated heterocycles. The molecule has 0 atom stereocenters. The predicted octanol–water partition coefficient (Wildman–Crippen LogP) is 2.65. The Morgan fingerprint density at radius 2 is 1.67 bits per heavy atom. The molecule has 0 saturated carbocycles. The first-order valence-corrected chi connectivity index (χ1v) is 6.83. The third kappa shape index (κ3) is 4.33. The standard InChI is InChI=1S/C16H15ClN2O2/c1-11-6-8-12(9-7-11)10-15(20)18-19-16(21)13-4-2-3-5-14(13)17/h2-9H,10H2,1H3,(H,18,20)(H,19,21). The predicted molar refractivity (Wildman–Crippen MR) is 81.9 cm³/mol. The molecule has 2 N–H and O–H groups in total. The summed E-state index contributed by atoms with van der Waals surface area (Å²) in [6.07, 6.45) is 0.198. The molecule has 0 unspecified atom stereocenters. The Morgan fingerprint density at radius 3 is 2.33 bits per heavy atom. The highest BCUT2D eigenvalue weighted by atomic mass is 35.5. The molecule has 0 aliphatic carbocycles. The van der Waals surface area contributed by atoms with Gasteiger partial charge in [0, 0.05) is 0 Å². The minimum atomic E-state index is -0.446. The zero-order valence-electron chi connectivity index (χ0n) is 11.5. The van der Waals surface area contributed by atoms with Gasteiger partial charge in [0.05, 0.1) is 17.0 Å². The van der Waals surface area contributed by atoms with Crippen molar-refractivity contribution in [3.05, 3.63) is 70.2 Å². The molecular formula is C16H15ClN2O2. The van der Waals surface area contributed by atoms with Crippen LogP contribution >= 0.6 is 11.6 Å². The number of nitrogens with one attached hydrogen (secondary N) is 2. The van der Waals surface area contributed by atoms with Gasteiger partial charge < -0.3 is 0 Å². The minimum absolute atomic E-state index is 0.198. The highest BCUT2D eigenvalue weighted by molar-refractivity contribution is 6.33. The molecule has 0 bridgehead atoms. The number of halogens is 1. The number of benzene rings is 2. The number of hydrazine groups is 1. The lowest BCUT2D eigenvalue weighted by Gasteiger charge is -2.08. The molecule has 0 spiro atoms. The summed E-state index contributed by atoms with van der Waals surface area (Å²) in [5, 5.41) is 0.336. The summed E-state index contributed by atoms with van der Waals surface area (Å²) in [5.74, 6) is -0.739. The number of hydrogen-bond acceptors (Lipinski definition) is 2. The average molecular weight is 303 g/mol. The summed E-state index contributed by atoms with van der Waals surface area (Å²) in [6, 6.07) is 14.3. The highest BCUT2D eigenvalue weighted by Gasteiger charge is 2.10. The van der Waals surface area contributed by atoms with Gasteiger partial charge in [-0.15, -0.1) is 0 Å². The van der Waals surface area contributed by atoms with E-state index in [2.05, 4.69) is 10.9 Å². The first-order chi connectivity index (χ1) is 10.1. The molecule has 0 aromatic heterocycles. The third-order valence-electron chi connectivity index (χ3n) is 2.92. The van der Waals surface area contributed by atoms with Crippen LogP contribution < -0.4 is 10.9 Å². The van der Waals surface area contributed by atoms with Crippen molar-refractivity contribution in [1.29, 1.82) is 0 Å². The summed E-state index contributed by atoms with van der Waals surface area (Å²) in [4.78, 5) is 23.6. The van der Waals surface area contributed by atoms with Crippen LogP contribution in [0, 0.1) is 6.92 Å². The molecule has 4 nitrogen and oxygen atoms in total. The summed E-state index contributed by atoms with van der Waals surface area (Å²) in [7, 11) is 0. The number of carbonyl (C=O) groups is 2. The second kappa shape index (κ2) is 6.90. The van der Waals surface area contributed by atoms with E-state index in [4.69, 9.17) is 11.6 Å². The second-order valence-corrected chi connectivity index (χ2v) is 5.05.